The van der Waals surface area contributed by atoms with Crippen LogP contribution in [0.5, 0.6) is 5.75 Å². The topological polar surface area (TPSA) is 62.2 Å². The number of nitrogens with one attached hydrogen (secondary N) is 1. The number of nitrogens with zero attached hydrogens (tertiary/aromatic N) is 1. The number of carbonyl (C=O) groups excluding carboxylic acids is 1. The van der Waals surface area contributed by atoms with Crippen LogP contribution in [0, 0.1) is 6.92 Å². The maximum atomic E-state index is 11.8. The second kappa shape index (κ2) is 5.64. The molecule has 2 rings (SSSR count). The Labute approximate surface area is 109 Å². The van der Waals surface area contributed by atoms with Gasteiger partial charge in [-0.05, 0) is 24.6 Å². The molecule has 0 saturated heterocycles. The lowest BCUT2D eigenvalue weighted by Crippen LogP contribution is -2.25. The molecule has 0 aliphatic carbocycles. The molecular weight excluding hydrogens is 248 g/mol. The number of aromatic hydroxyl groups is 1. The van der Waals surface area contributed by atoms with Gasteiger partial charge in [0.1, 0.15) is 5.75 Å². The Hall–Kier alpha value is -1.88. The van der Waals surface area contributed by atoms with E-state index in [9.17, 15) is 9.90 Å². The molecule has 1 aromatic heterocycles. The van der Waals surface area contributed by atoms with E-state index in [-0.39, 0.29) is 11.7 Å². The number of benzene rings is 1. The van der Waals surface area contributed by atoms with Gasteiger partial charge in [0.05, 0.1) is 11.2 Å². The molecule has 0 aliphatic heterocycles. The molecule has 4 nitrogen and oxygen atoms in total. The van der Waals surface area contributed by atoms with Crippen molar-refractivity contribution >= 4 is 17.2 Å². The van der Waals surface area contributed by atoms with E-state index in [4.69, 9.17) is 0 Å². The number of hydrogen-bond acceptors (Lipinski definition) is 4. The monoisotopic (exact) mass is 262 g/mol. The number of carbonyl (C=O) groups is 1. The molecule has 0 spiro atoms. The minimum absolute atomic E-state index is 0.141. The van der Waals surface area contributed by atoms with Gasteiger partial charge in [-0.15, -0.1) is 11.3 Å². The Kier molecular flexibility index (Phi) is 3.94. The van der Waals surface area contributed by atoms with Crippen LogP contribution >= 0.6 is 11.3 Å². The lowest BCUT2D eigenvalue weighted by Gasteiger charge is -2.05. The SMILES string of the molecule is Cc1ccc(C(=O)NCCc2cscn2)cc1O. The third-order valence-electron chi connectivity index (χ3n) is 2.62. The zero-order chi connectivity index (χ0) is 13.0. The quantitative estimate of drug-likeness (QED) is 0.887. The molecule has 0 aliphatic rings. The molecule has 1 aromatic carbocycles. The molecule has 0 fully saturated rings. The first-order chi connectivity index (χ1) is 8.66. The van der Waals surface area contributed by atoms with E-state index in [1.54, 1.807) is 35.9 Å². The zero-order valence-corrected chi connectivity index (χ0v) is 10.8. The van der Waals surface area contributed by atoms with Gasteiger partial charge in [-0.2, -0.15) is 0 Å². The normalized spacial score (nSPS) is 10.3. The van der Waals surface area contributed by atoms with Crippen molar-refractivity contribution in [3.63, 3.8) is 0 Å². The van der Waals surface area contributed by atoms with Gasteiger partial charge in [0.15, 0.2) is 0 Å². The molecule has 5 heteroatoms. The highest BCUT2D eigenvalue weighted by atomic mass is 32.1. The number of amides is 1. The van der Waals surface area contributed by atoms with E-state index < -0.39 is 0 Å². The van der Waals surface area contributed by atoms with Gasteiger partial charge in [0, 0.05) is 23.9 Å². The number of phenols is 1. The smallest absolute Gasteiger partial charge is 0.251 e. The number of hydrogen-bond donors (Lipinski definition) is 2. The van der Waals surface area contributed by atoms with Crippen LogP contribution in [-0.2, 0) is 6.42 Å². The molecule has 1 heterocycles. The summed E-state index contributed by atoms with van der Waals surface area (Å²) in [6.07, 6.45) is 0.715. The van der Waals surface area contributed by atoms with Crippen molar-refractivity contribution in [2.45, 2.75) is 13.3 Å². The second-order valence-corrected chi connectivity index (χ2v) is 4.71. The van der Waals surface area contributed by atoms with E-state index in [0.717, 1.165) is 11.3 Å². The van der Waals surface area contributed by atoms with Gasteiger partial charge in [-0.25, -0.2) is 4.98 Å². The molecule has 0 unspecified atom stereocenters. The van der Waals surface area contributed by atoms with E-state index in [1.165, 1.54) is 6.07 Å². The summed E-state index contributed by atoms with van der Waals surface area (Å²) < 4.78 is 0. The van der Waals surface area contributed by atoms with Crippen LogP contribution in [0.1, 0.15) is 21.6 Å². The Balaban J connectivity index is 1.89. The summed E-state index contributed by atoms with van der Waals surface area (Å²) in [6, 6.07) is 4.91. The summed E-state index contributed by atoms with van der Waals surface area (Å²) >= 11 is 1.54. The van der Waals surface area contributed by atoms with Crippen molar-refractivity contribution < 1.29 is 9.90 Å². The van der Waals surface area contributed by atoms with Crippen LogP contribution in [0.15, 0.2) is 29.1 Å². The molecule has 2 aromatic rings. The average molecular weight is 262 g/mol. The molecule has 94 valence electrons. The Morgan fingerprint density at radius 1 is 1.50 bits per heavy atom. The van der Waals surface area contributed by atoms with Crippen molar-refractivity contribution in [2.75, 3.05) is 6.54 Å². The zero-order valence-electron chi connectivity index (χ0n) is 10.0. The summed E-state index contributed by atoms with van der Waals surface area (Å²) in [5, 5.41) is 14.3. The first-order valence-corrected chi connectivity index (χ1v) is 6.56. The number of thiazole rings is 1. The summed E-state index contributed by atoms with van der Waals surface area (Å²) in [4.78, 5) is 15.9. The predicted molar refractivity (Wildman–Crippen MR) is 71.0 cm³/mol. The summed E-state index contributed by atoms with van der Waals surface area (Å²) in [5.74, 6) is -0.0392. The lowest BCUT2D eigenvalue weighted by atomic mass is 10.1. The fourth-order valence-corrected chi connectivity index (χ4v) is 2.11. The van der Waals surface area contributed by atoms with Gasteiger partial charge >= 0.3 is 0 Å². The van der Waals surface area contributed by atoms with Crippen LogP contribution in [0.2, 0.25) is 0 Å². The fraction of sp³-hybridized carbons (Fsp3) is 0.231. The molecule has 0 saturated carbocycles. The fourth-order valence-electron chi connectivity index (χ4n) is 1.52. The Morgan fingerprint density at radius 2 is 2.33 bits per heavy atom. The van der Waals surface area contributed by atoms with Crippen LogP contribution in [-0.4, -0.2) is 22.5 Å². The van der Waals surface area contributed by atoms with Gasteiger partial charge < -0.3 is 10.4 Å². The first kappa shape index (κ1) is 12.6. The van der Waals surface area contributed by atoms with Gasteiger partial charge in [0.25, 0.3) is 5.91 Å². The molecule has 18 heavy (non-hydrogen) atoms. The highest BCUT2D eigenvalue weighted by Crippen LogP contribution is 2.17. The first-order valence-electron chi connectivity index (χ1n) is 5.61. The number of rotatable bonds is 4. The minimum atomic E-state index is -0.180. The van der Waals surface area contributed by atoms with Crippen molar-refractivity contribution in [1.82, 2.24) is 10.3 Å². The molecule has 2 N–H and O–H groups in total. The molecule has 1 amide bonds. The van der Waals surface area contributed by atoms with E-state index >= 15 is 0 Å². The molecule has 0 radical (unpaired) electrons. The van der Waals surface area contributed by atoms with Crippen LogP contribution in [0.4, 0.5) is 0 Å². The minimum Gasteiger partial charge on any atom is -0.508 e. The van der Waals surface area contributed by atoms with Crippen molar-refractivity contribution in [1.29, 1.82) is 0 Å². The number of phenolic OH excluding ortho intramolecular Hbond substituents is 1. The van der Waals surface area contributed by atoms with E-state index in [1.807, 2.05) is 5.38 Å². The molecular formula is C13H14N2O2S. The van der Waals surface area contributed by atoms with Crippen LogP contribution in [0.3, 0.4) is 0 Å². The largest absolute Gasteiger partial charge is 0.508 e. The summed E-state index contributed by atoms with van der Waals surface area (Å²) in [7, 11) is 0. The van der Waals surface area contributed by atoms with Gasteiger partial charge in [-0.1, -0.05) is 6.07 Å². The second-order valence-electron chi connectivity index (χ2n) is 3.99. The lowest BCUT2D eigenvalue weighted by molar-refractivity contribution is 0.0953. The third kappa shape index (κ3) is 3.07. The van der Waals surface area contributed by atoms with E-state index in [0.29, 0.717) is 18.5 Å². The highest BCUT2D eigenvalue weighted by molar-refractivity contribution is 7.07. The van der Waals surface area contributed by atoms with Crippen LogP contribution < -0.4 is 5.32 Å². The van der Waals surface area contributed by atoms with E-state index in [2.05, 4.69) is 10.3 Å². The van der Waals surface area contributed by atoms with Gasteiger partial charge in [0.2, 0.25) is 0 Å². The maximum absolute atomic E-state index is 11.8. The standard InChI is InChI=1S/C13H14N2O2S/c1-9-2-3-10(6-12(9)16)13(17)14-5-4-11-7-18-8-15-11/h2-3,6-8,16H,4-5H2,1H3,(H,14,17). The van der Waals surface area contributed by atoms with Gasteiger partial charge in [-0.3, -0.25) is 4.79 Å². The summed E-state index contributed by atoms with van der Waals surface area (Å²) in [5.41, 5.74) is 3.98. The average Bonchev–Trinajstić information content (AvgIpc) is 2.85. The number of aryl methyl sites for hydroxylation is 1. The summed E-state index contributed by atoms with van der Waals surface area (Å²) in [6.45, 7) is 2.33. The van der Waals surface area contributed by atoms with Crippen molar-refractivity contribution in [2.24, 2.45) is 0 Å². The Morgan fingerprint density at radius 3 is 3.00 bits per heavy atom. The maximum Gasteiger partial charge on any atom is 0.251 e. The van der Waals surface area contributed by atoms with Crippen LogP contribution in [0.25, 0.3) is 0 Å². The molecule has 0 bridgehead atoms. The van der Waals surface area contributed by atoms with Crippen molar-refractivity contribution in [3.05, 3.63) is 45.9 Å². The predicted octanol–water partition coefficient (Wildman–Crippen LogP) is 2.13. The molecule has 0 atom stereocenters. The third-order valence-corrected chi connectivity index (χ3v) is 3.26. The Bertz CT molecular complexity index is 538. The highest BCUT2D eigenvalue weighted by Gasteiger charge is 2.07. The van der Waals surface area contributed by atoms with Crippen molar-refractivity contribution in [3.8, 4) is 5.75 Å². The number of aromatic nitrogens is 1.